The molecule has 0 spiro atoms. The number of anilines is 1. The molecule has 2 aromatic rings. The maximum absolute atomic E-state index is 11.9. The average Bonchev–Trinajstić information content (AvgIpc) is 2.38. The molecule has 2 N–H and O–H groups in total. The fourth-order valence-electron chi connectivity index (χ4n) is 1.60. The minimum atomic E-state index is -3.35. The van der Waals surface area contributed by atoms with Crippen LogP contribution in [-0.2, 0) is 9.84 Å². The predicted molar refractivity (Wildman–Crippen MR) is 74.6 cm³/mol. The van der Waals surface area contributed by atoms with Gasteiger partial charge in [-0.3, -0.25) is 9.59 Å². The summed E-state index contributed by atoms with van der Waals surface area (Å²) < 4.78 is 22.9. The maximum atomic E-state index is 11.9. The fourth-order valence-corrected chi connectivity index (χ4v) is 2.26. The van der Waals surface area contributed by atoms with Gasteiger partial charge in [-0.2, -0.15) is 0 Å². The van der Waals surface area contributed by atoms with Crippen molar-refractivity contribution >= 4 is 21.4 Å². The molecule has 1 aromatic carbocycles. The molecular formula is C13H12N2O4S. The zero-order valence-electron chi connectivity index (χ0n) is 10.6. The van der Waals surface area contributed by atoms with Crippen LogP contribution in [0, 0.1) is 0 Å². The number of hydrogen-bond acceptors (Lipinski definition) is 4. The number of hydrogen-bond donors (Lipinski definition) is 2. The third kappa shape index (κ3) is 3.12. The SMILES string of the molecule is CS(=O)(=O)c1cccc(NC(=O)c2c[nH]ccc2=O)c1. The Labute approximate surface area is 115 Å². The van der Waals surface area contributed by atoms with Crippen molar-refractivity contribution in [1.82, 2.24) is 4.98 Å². The summed E-state index contributed by atoms with van der Waals surface area (Å²) in [6.45, 7) is 0. The van der Waals surface area contributed by atoms with Gasteiger partial charge in [0.05, 0.1) is 4.90 Å². The van der Waals surface area contributed by atoms with Gasteiger partial charge in [-0.25, -0.2) is 8.42 Å². The Morgan fingerprint density at radius 3 is 2.65 bits per heavy atom. The molecule has 0 radical (unpaired) electrons. The number of nitrogens with one attached hydrogen (secondary N) is 2. The zero-order valence-corrected chi connectivity index (χ0v) is 11.4. The van der Waals surface area contributed by atoms with Gasteiger partial charge in [0.15, 0.2) is 15.3 Å². The van der Waals surface area contributed by atoms with Crippen LogP contribution in [0.4, 0.5) is 5.69 Å². The molecule has 7 heteroatoms. The number of sulfone groups is 1. The van der Waals surface area contributed by atoms with E-state index in [1.54, 1.807) is 6.07 Å². The Bertz CT molecular complexity index is 809. The lowest BCUT2D eigenvalue weighted by molar-refractivity contribution is 0.102. The molecular weight excluding hydrogens is 280 g/mol. The summed E-state index contributed by atoms with van der Waals surface area (Å²) in [5, 5.41) is 2.49. The van der Waals surface area contributed by atoms with E-state index >= 15 is 0 Å². The predicted octanol–water partition coefficient (Wildman–Crippen LogP) is 1.03. The van der Waals surface area contributed by atoms with Crippen LogP contribution >= 0.6 is 0 Å². The molecule has 0 fully saturated rings. The highest BCUT2D eigenvalue weighted by Gasteiger charge is 2.12. The van der Waals surface area contributed by atoms with Crippen molar-refractivity contribution in [1.29, 1.82) is 0 Å². The normalized spacial score (nSPS) is 11.1. The summed E-state index contributed by atoms with van der Waals surface area (Å²) in [5.41, 5.74) is -0.154. The van der Waals surface area contributed by atoms with Crippen LogP contribution in [0.3, 0.4) is 0 Å². The third-order valence-corrected chi connectivity index (χ3v) is 3.70. The number of benzene rings is 1. The van der Waals surface area contributed by atoms with Crippen LogP contribution in [0.25, 0.3) is 0 Å². The van der Waals surface area contributed by atoms with Gasteiger partial charge in [-0.15, -0.1) is 0 Å². The summed E-state index contributed by atoms with van der Waals surface area (Å²) in [4.78, 5) is 26.2. The van der Waals surface area contributed by atoms with E-state index in [2.05, 4.69) is 10.3 Å². The number of aromatic nitrogens is 1. The summed E-state index contributed by atoms with van der Waals surface area (Å²) in [7, 11) is -3.35. The lowest BCUT2D eigenvalue weighted by Gasteiger charge is -2.06. The second-order valence-electron chi connectivity index (χ2n) is 4.18. The largest absolute Gasteiger partial charge is 0.367 e. The Morgan fingerprint density at radius 1 is 1.25 bits per heavy atom. The Kier molecular flexibility index (Phi) is 3.71. The first-order valence-electron chi connectivity index (χ1n) is 5.66. The van der Waals surface area contributed by atoms with Gasteiger partial charge in [0.2, 0.25) is 0 Å². The third-order valence-electron chi connectivity index (χ3n) is 2.59. The summed E-state index contributed by atoms with van der Waals surface area (Å²) in [6, 6.07) is 7.07. The second-order valence-corrected chi connectivity index (χ2v) is 6.19. The van der Waals surface area contributed by atoms with Crippen molar-refractivity contribution < 1.29 is 13.2 Å². The number of aromatic amines is 1. The number of pyridine rings is 1. The number of amides is 1. The van der Waals surface area contributed by atoms with Gasteiger partial charge >= 0.3 is 0 Å². The van der Waals surface area contributed by atoms with Crippen LogP contribution in [0.1, 0.15) is 10.4 Å². The van der Waals surface area contributed by atoms with Crippen LogP contribution in [0.15, 0.2) is 52.4 Å². The minimum Gasteiger partial charge on any atom is -0.367 e. The summed E-state index contributed by atoms with van der Waals surface area (Å²) >= 11 is 0. The van der Waals surface area contributed by atoms with Gasteiger partial charge in [0.25, 0.3) is 5.91 Å². The monoisotopic (exact) mass is 292 g/mol. The highest BCUT2D eigenvalue weighted by molar-refractivity contribution is 7.90. The molecule has 104 valence electrons. The van der Waals surface area contributed by atoms with Gasteiger partial charge in [0.1, 0.15) is 5.56 Å². The summed E-state index contributed by atoms with van der Waals surface area (Å²) in [5.74, 6) is -0.600. The van der Waals surface area contributed by atoms with Gasteiger partial charge < -0.3 is 10.3 Å². The quantitative estimate of drug-likeness (QED) is 0.883. The Hall–Kier alpha value is -2.41. The van der Waals surface area contributed by atoms with Crippen molar-refractivity contribution in [2.24, 2.45) is 0 Å². The minimum absolute atomic E-state index is 0.0442. The van der Waals surface area contributed by atoms with Crippen molar-refractivity contribution in [2.75, 3.05) is 11.6 Å². The Balaban J connectivity index is 2.30. The molecule has 6 nitrogen and oxygen atoms in total. The standard InChI is InChI=1S/C13H12N2O4S/c1-20(18,19)10-4-2-3-9(7-10)15-13(17)11-8-14-6-5-12(11)16/h2-8H,1H3,(H,14,16)(H,15,17). The molecule has 0 saturated carbocycles. The van der Waals surface area contributed by atoms with Crippen LogP contribution in [-0.4, -0.2) is 25.6 Å². The number of carbonyl (C=O) groups is 1. The molecule has 0 bridgehead atoms. The molecule has 0 atom stereocenters. The lowest BCUT2D eigenvalue weighted by Crippen LogP contribution is -2.20. The van der Waals surface area contributed by atoms with Crippen LogP contribution < -0.4 is 10.7 Å². The average molecular weight is 292 g/mol. The summed E-state index contributed by atoms with van der Waals surface area (Å²) in [6.07, 6.45) is 3.79. The van der Waals surface area contributed by atoms with Gasteiger partial charge in [0, 0.05) is 30.4 Å². The molecule has 0 saturated heterocycles. The van der Waals surface area contributed by atoms with E-state index in [4.69, 9.17) is 0 Å². The van der Waals surface area contributed by atoms with Crippen molar-refractivity contribution in [2.45, 2.75) is 4.90 Å². The number of rotatable bonds is 3. The number of carbonyl (C=O) groups excluding carboxylic acids is 1. The van der Waals surface area contributed by atoms with Crippen molar-refractivity contribution in [3.05, 3.63) is 58.5 Å². The van der Waals surface area contributed by atoms with E-state index in [0.29, 0.717) is 5.69 Å². The highest BCUT2D eigenvalue weighted by Crippen LogP contribution is 2.15. The first-order valence-corrected chi connectivity index (χ1v) is 7.55. The number of H-pyrrole nitrogens is 1. The van der Waals surface area contributed by atoms with E-state index in [1.165, 1.54) is 36.7 Å². The Morgan fingerprint density at radius 2 is 2.00 bits per heavy atom. The second kappa shape index (κ2) is 5.30. The smallest absolute Gasteiger partial charge is 0.261 e. The van der Waals surface area contributed by atoms with E-state index < -0.39 is 21.2 Å². The van der Waals surface area contributed by atoms with E-state index in [1.807, 2.05) is 0 Å². The molecule has 0 aliphatic carbocycles. The molecule has 1 heterocycles. The van der Waals surface area contributed by atoms with Crippen LogP contribution in [0.5, 0.6) is 0 Å². The molecule has 1 aromatic heterocycles. The van der Waals surface area contributed by atoms with Crippen LogP contribution in [0.2, 0.25) is 0 Å². The van der Waals surface area contributed by atoms with Gasteiger partial charge in [-0.05, 0) is 18.2 Å². The van der Waals surface area contributed by atoms with E-state index in [0.717, 1.165) is 6.26 Å². The first kappa shape index (κ1) is 14.0. The van der Waals surface area contributed by atoms with E-state index in [-0.39, 0.29) is 10.5 Å². The molecule has 0 unspecified atom stereocenters. The van der Waals surface area contributed by atoms with E-state index in [9.17, 15) is 18.0 Å². The topological polar surface area (TPSA) is 96.1 Å². The molecule has 20 heavy (non-hydrogen) atoms. The molecule has 1 amide bonds. The molecule has 2 rings (SSSR count). The lowest BCUT2D eigenvalue weighted by atomic mass is 10.2. The molecule has 0 aliphatic rings. The zero-order chi connectivity index (χ0) is 14.8. The first-order chi connectivity index (χ1) is 9.38. The highest BCUT2D eigenvalue weighted by atomic mass is 32.2. The molecule has 0 aliphatic heterocycles. The maximum Gasteiger partial charge on any atom is 0.261 e. The van der Waals surface area contributed by atoms with Crippen molar-refractivity contribution in [3.8, 4) is 0 Å². The van der Waals surface area contributed by atoms with Crippen molar-refractivity contribution in [3.63, 3.8) is 0 Å². The fraction of sp³-hybridized carbons (Fsp3) is 0.0769. The van der Waals surface area contributed by atoms with Gasteiger partial charge in [-0.1, -0.05) is 6.07 Å².